The third kappa shape index (κ3) is 3.89. The minimum absolute atomic E-state index is 0.322. The van der Waals surface area contributed by atoms with Crippen LogP contribution >= 0.6 is 0 Å². The van der Waals surface area contributed by atoms with Crippen molar-refractivity contribution in [3.8, 4) is 11.5 Å². The van der Waals surface area contributed by atoms with Crippen molar-refractivity contribution >= 4 is 0 Å². The van der Waals surface area contributed by atoms with Crippen LogP contribution in [0.5, 0.6) is 11.5 Å². The highest BCUT2D eigenvalue weighted by molar-refractivity contribution is 5.44. The summed E-state index contributed by atoms with van der Waals surface area (Å²) in [6, 6.07) is 5.93. The summed E-state index contributed by atoms with van der Waals surface area (Å²) in [5.74, 6) is 1.64. The molecule has 1 aliphatic heterocycles. The van der Waals surface area contributed by atoms with Crippen molar-refractivity contribution in [3.05, 3.63) is 23.8 Å². The monoisotopic (exact) mass is 251 g/mol. The van der Waals surface area contributed by atoms with Crippen LogP contribution in [0.4, 0.5) is 0 Å². The van der Waals surface area contributed by atoms with Crippen molar-refractivity contribution in [2.75, 3.05) is 26.5 Å². The van der Waals surface area contributed by atoms with Gasteiger partial charge in [-0.25, -0.2) is 0 Å². The van der Waals surface area contributed by atoms with Gasteiger partial charge in [-0.15, -0.1) is 0 Å². The average Bonchev–Trinajstić information content (AvgIpc) is 2.85. The lowest BCUT2D eigenvalue weighted by atomic mass is 10.2. The van der Waals surface area contributed by atoms with E-state index in [4.69, 9.17) is 14.2 Å². The van der Waals surface area contributed by atoms with Gasteiger partial charge in [0.25, 0.3) is 0 Å². The first-order valence-corrected chi connectivity index (χ1v) is 6.57. The Balaban J connectivity index is 1.62. The first-order chi connectivity index (χ1) is 8.90. The third-order valence-electron chi connectivity index (χ3n) is 2.77. The molecule has 0 radical (unpaired) electrons. The average molecular weight is 251 g/mol. The molecule has 1 N–H and O–H groups in total. The Morgan fingerprint density at radius 1 is 1.22 bits per heavy atom. The van der Waals surface area contributed by atoms with Crippen LogP contribution < -0.4 is 14.8 Å². The maximum atomic E-state index is 5.62. The minimum atomic E-state index is 0.322. The predicted molar refractivity (Wildman–Crippen MR) is 70.0 cm³/mol. The van der Waals surface area contributed by atoms with E-state index in [2.05, 4.69) is 12.2 Å². The summed E-state index contributed by atoms with van der Waals surface area (Å²) in [5, 5.41) is 3.35. The molecule has 0 unspecified atom stereocenters. The summed E-state index contributed by atoms with van der Waals surface area (Å²) in [6.45, 7) is 6.01. The number of rotatable bonds is 8. The van der Waals surface area contributed by atoms with Gasteiger partial charge < -0.3 is 19.5 Å². The Bertz CT molecular complexity index is 368. The number of nitrogens with one attached hydrogen (secondary N) is 1. The van der Waals surface area contributed by atoms with Crippen LogP contribution in [-0.2, 0) is 11.3 Å². The zero-order valence-corrected chi connectivity index (χ0v) is 10.9. The highest BCUT2D eigenvalue weighted by Crippen LogP contribution is 2.32. The van der Waals surface area contributed by atoms with E-state index in [1.165, 1.54) is 6.42 Å². The van der Waals surface area contributed by atoms with Gasteiger partial charge in [0.2, 0.25) is 6.79 Å². The predicted octanol–water partition coefficient (Wildman–Crippen LogP) is 2.32. The zero-order chi connectivity index (χ0) is 12.6. The molecular formula is C14H21NO3. The molecule has 18 heavy (non-hydrogen) atoms. The van der Waals surface area contributed by atoms with E-state index >= 15 is 0 Å². The third-order valence-corrected chi connectivity index (χ3v) is 2.77. The maximum Gasteiger partial charge on any atom is 0.231 e. The number of benzene rings is 1. The second kappa shape index (κ2) is 7.24. The van der Waals surface area contributed by atoms with Crippen molar-refractivity contribution < 1.29 is 14.2 Å². The normalized spacial score (nSPS) is 12.9. The molecule has 0 atom stereocenters. The number of hydrogen-bond acceptors (Lipinski definition) is 4. The molecule has 1 aliphatic rings. The highest BCUT2D eigenvalue weighted by atomic mass is 16.7. The topological polar surface area (TPSA) is 39.7 Å². The van der Waals surface area contributed by atoms with E-state index in [9.17, 15) is 0 Å². The lowest BCUT2D eigenvalue weighted by Crippen LogP contribution is -2.17. The van der Waals surface area contributed by atoms with E-state index in [0.29, 0.717) is 13.4 Å². The zero-order valence-electron chi connectivity index (χ0n) is 10.9. The number of hydrogen-bond donors (Lipinski definition) is 1. The van der Waals surface area contributed by atoms with Crippen molar-refractivity contribution in [3.63, 3.8) is 0 Å². The van der Waals surface area contributed by atoms with Gasteiger partial charge in [0.05, 0.1) is 6.61 Å². The molecule has 100 valence electrons. The Kier molecular flexibility index (Phi) is 5.30. The second-order valence-corrected chi connectivity index (χ2v) is 4.34. The fraction of sp³-hybridized carbons (Fsp3) is 0.571. The molecule has 1 aromatic carbocycles. The summed E-state index contributed by atoms with van der Waals surface area (Å²) in [6.07, 6.45) is 2.22. The van der Waals surface area contributed by atoms with Crippen LogP contribution in [0.15, 0.2) is 18.2 Å². The van der Waals surface area contributed by atoms with Crippen LogP contribution in [-0.4, -0.2) is 26.5 Å². The largest absolute Gasteiger partial charge is 0.454 e. The standard InChI is InChI=1S/C14H21NO3/c1-2-6-15-7-3-8-16-10-12-4-5-13-14(9-12)18-11-17-13/h4-5,9,15H,2-3,6-8,10-11H2,1H3. The van der Waals surface area contributed by atoms with Gasteiger partial charge in [0.15, 0.2) is 11.5 Å². The van der Waals surface area contributed by atoms with Crippen molar-refractivity contribution in [1.82, 2.24) is 5.32 Å². The quantitative estimate of drug-likeness (QED) is 0.720. The number of ether oxygens (including phenoxy) is 3. The summed E-state index contributed by atoms with van der Waals surface area (Å²) in [4.78, 5) is 0. The molecule has 0 amide bonds. The van der Waals surface area contributed by atoms with E-state index in [1.807, 2.05) is 18.2 Å². The summed E-state index contributed by atoms with van der Waals surface area (Å²) in [5.41, 5.74) is 1.13. The fourth-order valence-corrected chi connectivity index (χ4v) is 1.82. The van der Waals surface area contributed by atoms with Crippen LogP contribution in [0.1, 0.15) is 25.3 Å². The van der Waals surface area contributed by atoms with Gasteiger partial charge in [-0.05, 0) is 43.6 Å². The van der Waals surface area contributed by atoms with Crippen LogP contribution in [0.3, 0.4) is 0 Å². The molecule has 0 fully saturated rings. The highest BCUT2D eigenvalue weighted by Gasteiger charge is 2.12. The fourth-order valence-electron chi connectivity index (χ4n) is 1.82. The van der Waals surface area contributed by atoms with Gasteiger partial charge in [-0.2, -0.15) is 0 Å². The summed E-state index contributed by atoms with van der Waals surface area (Å²) >= 11 is 0. The van der Waals surface area contributed by atoms with Gasteiger partial charge in [0.1, 0.15) is 0 Å². The second-order valence-electron chi connectivity index (χ2n) is 4.34. The molecule has 0 saturated carbocycles. The molecular weight excluding hydrogens is 230 g/mol. The first-order valence-electron chi connectivity index (χ1n) is 6.57. The van der Waals surface area contributed by atoms with Crippen molar-refractivity contribution in [1.29, 1.82) is 0 Å². The van der Waals surface area contributed by atoms with Crippen LogP contribution in [0.25, 0.3) is 0 Å². The van der Waals surface area contributed by atoms with Gasteiger partial charge >= 0.3 is 0 Å². The van der Waals surface area contributed by atoms with E-state index in [0.717, 1.165) is 43.2 Å². The molecule has 4 nitrogen and oxygen atoms in total. The minimum Gasteiger partial charge on any atom is -0.454 e. The maximum absolute atomic E-state index is 5.62. The van der Waals surface area contributed by atoms with Crippen LogP contribution in [0, 0.1) is 0 Å². The van der Waals surface area contributed by atoms with Crippen molar-refractivity contribution in [2.24, 2.45) is 0 Å². The van der Waals surface area contributed by atoms with Crippen molar-refractivity contribution in [2.45, 2.75) is 26.4 Å². The molecule has 1 heterocycles. The lowest BCUT2D eigenvalue weighted by molar-refractivity contribution is 0.118. The SMILES string of the molecule is CCCNCCCOCc1ccc2c(c1)OCO2. The van der Waals surface area contributed by atoms with Crippen LogP contribution in [0.2, 0.25) is 0 Å². The molecule has 0 aliphatic carbocycles. The number of fused-ring (bicyclic) bond motifs is 1. The molecule has 0 bridgehead atoms. The van der Waals surface area contributed by atoms with Gasteiger partial charge in [0, 0.05) is 6.61 Å². The Morgan fingerprint density at radius 3 is 3.00 bits per heavy atom. The lowest BCUT2D eigenvalue weighted by Gasteiger charge is -2.06. The summed E-state index contributed by atoms with van der Waals surface area (Å²) < 4.78 is 16.2. The Hall–Kier alpha value is -1.26. The molecule has 0 spiro atoms. The molecule has 1 aromatic rings. The Morgan fingerprint density at radius 2 is 2.11 bits per heavy atom. The van der Waals surface area contributed by atoms with Gasteiger partial charge in [-0.3, -0.25) is 0 Å². The molecule has 2 rings (SSSR count). The smallest absolute Gasteiger partial charge is 0.231 e. The molecule has 0 aromatic heterocycles. The first kappa shape index (κ1) is 13.2. The van der Waals surface area contributed by atoms with E-state index in [1.54, 1.807) is 0 Å². The van der Waals surface area contributed by atoms with Gasteiger partial charge in [-0.1, -0.05) is 13.0 Å². The molecule has 4 heteroatoms. The summed E-state index contributed by atoms with van der Waals surface area (Å²) in [7, 11) is 0. The molecule has 0 saturated heterocycles. The Labute approximate surface area is 108 Å². The van der Waals surface area contributed by atoms with E-state index < -0.39 is 0 Å². The van der Waals surface area contributed by atoms with E-state index in [-0.39, 0.29) is 0 Å².